The summed E-state index contributed by atoms with van der Waals surface area (Å²) in [6, 6.07) is 28.2. The van der Waals surface area contributed by atoms with Crippen molar-refractivity contribution in [1.82, 2.24) is 4.57 Å². The molecule has 0 fully saturated rings. The number of rotatable bonds is 2. The summed E-state index contributed by atoms with van der Waals surface area (Å²) in [5.74, 6) is 1.23. The fourth-order valence-corrected chi connectivity index (χ4v) is 11.5. The molecule has 0 radical (unpaired) electrons. The van der Waals surface area contributed by atoms with E-state index in [9.17, 15) is 10.5 Å². The van der Waals surface area contributed by atoms with Gasteiger partial charge >= 0.3 is 0 Å². The number of thiophene rings is 1. The fraction of sp³-hybridized carbons (Fsp3) is 0.231. The molecule has 212 valence electrons. The van der Waals surface area contributed by atoms with Crippen molar-refractivity contribution in [2.45, 2.75) is 37.9 Å². The zero-order chi connectivity index (χ0) is 29.5. The Labute approximate surface area is 265 Å². The van der Waals surface area contributed by atoms with Crippen molar-refractivity contribution >= 4 is 60.7 Å². The van der Waals surface area contributed by atoms with Crippen LogP contribution in [0.3, 0.4) is 0 Å². The van der Waals surface area contributed by atoms with Gasteiger partial charge < -0.3 is 4.57 Å². The molecule has 1 aliphatic heterocycles. The molecule has 0 amide bonds. The van der Waals surface area contributed by atoms with Crippen LogP contribution in [0.25, 0.3) is 37.6 Å². The van der Waals surface area contributed by atoms with Crippen LogP contribution >= 0.6 is 23.1 Å². The SMILES string of the molecule is CC1CC(C2CC=C(C#N)C=C2n2c3ccccc3c3cc(C#N)ccc32)=CC2=C1SC1c3sc4ccccc4c3CCC21. The summed E-state index contributed by atoms with van der Waals surface area (Å²) < 4.78 is 3.80. The van der Waals surface area contributed by atoms with Gasteiger partial charge in [0.25, 0.3) is 0 Å². The molecule has 2 aromatic heterocycles. The Morgan fingerprint density at radius 3 is 2.57 bits per heavy atom. The maximum atomic E-state index is 9.99. The van der Waals surface area contributed by atoms with Crippen molar-refractivity contribution in [3.8, 4) is 12.1 Å². The van der Waals surface area contributed by atoms with E-state index in [0.29, 0.717) is 22.6 Å². The zero-order valence-corrected chi connectivity index (χ0v) is 26.0. The lowest BCUT2D eigenvalue weighted by Gasteiger charge is -2.32. The molecule has 0 saturated carbocycles. The van der Waals surface area contributed by atoms with Gasteiger partial charge in [-0.3, -0.25) is 0 Å². The molecule has 4 atom stereocenters. The molecule has 4 aliphatic rings. The first-order valence-electron chi connectivity index (χ1n) is 15.5. The van der Waals surface area contributed by atoms with Crippen molar-refractivity contribution in [1.29, 1.82) is 10.5 Å². The van der Waals surface area contributed by atoms with Gasteiger partial charge in [-0.1, -0.05) is 61.0 Å². The van der Waals surface area contributed by atoms with E-state index in [1.54, 1.807) is 20.9 Å². The molecule has 44 heavy (non-hydrogen) atoms. The lowest BCUT2D eigenvalue weighted by Crippen LogP contribution is -2.20. The summed E-state index contributed by atoms with van der Waals surface area (Å²) in [6.07, 6.45) is 11.0. The van der Waals surface area contributed by atoms with Crippen LogP contribution in [-0.4, -0.2) is 4.57 Å². The minimum Gasteiger partial charge on any atom is -0.312 e. The van der Waals surface area contributed by atoms with E-state index in [0.717, 1.165) is 46.6 Å². The maximum Gasteiger partial charge on any atom is 0.0991 e. The molecule has 3 heterocycles. The Bertz CT molecular complexity index is 2270. The predicted octanol–water partition coefficient (Wildman–Crippen LogP) is 10.5. The molecular formula is C39H29N3S2. The molecule has 5 aromatic rings. The average Bonchev–Trinajstić information content (AvgIpc) is 3.74. The number of allylic oxidation sites excluding steroid dienone is 8. The second-order valence-corrected chi connectivity index (χ2v) is 14.9. The highest BCUT2D eigenvalue weighted by molar-refractivity contribution is 8.03. The molecule has 3 nitrogen and oxygen atoms in total. The first kappa shape index (κ1) is 26.1. The number of benzene rings is 3. The van der Waals surface area contributed by atoms with Gasteiger partial charge in [-0.15, -0.1) is 23.1 Å². The van der Waals surface area contributed by atoms with Crippen LogP contribution in [0.5, 0.6) is 0 Å². The van der Waals surface area contributed by atoms with Crippen molar-refractivity contribution in [3.63, 3.8) is 0 Å². The maximum absolute atomic E-state index is 9.99. The van der Waals surface area contributed by atoms with E-state index < -0.39 is 0 Å². The number of aromatic nitrogens is 1. The number of nitriles is 2. The first-order valence-corrected chi connectivity index (χ1v) is 17.2. The predicted molar refractivity (Wildman–Crippen MR) is 183 cm³/mol. The topological polar surface area (TPSA) is 52.5 Å². The highest BCUT2D eigenvalue weighted by atomic mass is 32.2. The smallest absolute Gasteiger partial charge is 0.0991 e. The number of thioether (sulfide) groups is 1. The summed E-state index contributed by atoms with van der Waals surface area (Å²) in [7, 11) is 0. The molecule has 3 aliphatic carbocycles. The molecule has 5 heteroatoms. The number of aryl methyl sites for hydroxylation is 1. The lowest BCUT2D eigenvalue weighted by molar-refractivity contribution is 0.527. The minimum atomic E-state index is 0.186. The quantitative estimate of drug-likeness (QED) is 0.202. The number of nitrogens with zero attached hydrogens (tertiary/aromatic N) is 3. The van der Waals surface area contributed by atoms with Crippen LogP contribution in [0.4, 0.5) is 0 Å². The van der Waals surface area contributed by atoms with E-state index in [-0.39, 0.29) is 5.92 Å². The largest absolute Gasteiger partial charge is 0.312 e. The van der Waals surface area contributed by atoms with Gasteiger partial charge in [0.15, 0.2) is 0 Å². The molecule has 9 rings (SSSR count). The van der Waals surface area contributed by atoms with E-state index >= 15 is 0 Å². The van der Waals surface area contributed by atoms with E-state index in [4.69, 9.17) is 0 Å². The summed E-state index contributed by atoms with van der Waals surface area (Å²) in [4.78, 5) is 3.20. The van der Waals surface area contributed by atoms with Crippen LogP contribution in [-0.2, 0) is 6.42 Å². The molecule has 0 bridgehead atoms. The van der Waals surface area contributed by atoms with Crippen LogP contribution < -0.4 is 0 Å². The minimum absolute atomic E-state index is 0.186. The Kier molecular flexibility index (Phi) is 5.86. The molecular weight excluding hydrogens is 575 g/mol. The number of fused-ring (bicyclic) bond motifs is 9. The van der Waals surface area contributed by atoms with Crippen LogP contribution in [0.2, 0.25) is 0 Å². The molecule has 0 saturated heterocycles. The first-order chi connectivity index (χ1) is 21.6. The average molecular weight is 604 g/mol. The van der Waals surface area contributed by atoms with E-state index in [1.165, 1.54) is 27.8 Å². The molecule has 4 unspecified atom stereocenters. The Balaban J connectivity index is 1.16. The number of para-hydroxylation sites is 1. The summed E-state index contributed by atoms with van der Waals surface area (Å²) in [5.41, 5.74) is 9.42. The van der Waals surface area contributed by atoms with E-state index in [1.807, 2.05) is 23.5 Å². The second-order valence-electron chi connectivity index (χ2n) is 12.6. The molecule has 0 N–H and O–H groups in total. The normalized spacial score (nSPS) is 24.3. The summed E-state index contributed by atoms with van der Waals surface area (Å²) >= 11 is 4.17. The summed E-state index contributed by atoms with van der Waals surface area (Å²) in [5, 5.41) is 23.9. The van der Waals surface area contributed by atoms with Gasteiger partial charge in [-0.05, 0) is 89.4 Å². The Hall–Kier alpha value is -4.29. The summed E-state index contributed by atoms with van der Waals surface area (Å²) in [6.45, 7) is 2.42. The van der Waals surface area contributed by atoms with Gasteiger partial charge in [-0.2, -0.15) is 10.5 Å². The van der Waals surface area contributed by atoms with Crippen molar-refractivity contribution in [3.05, 3.63) is 123 Å². The van der Waals surface area contributed by atoms with Gasteiger partial charge in [-0.25, -0.2) is 0 Å². The van der Waals surface area contributed by atoms with Gasteiger partial charge in [0.05, 0.1) is 34.0 Å². The fourth-order valence-electron chi connectivity index (χ4n) is 8.25. The monoisotopic (exact) mass is 603 g/mol. The highest BCUT2D eigenvalue weighted by Crippen LogP contribution is 2.63. The third-order valence-corrected chi connectivity index (χ3v) is 13.4. The standard InChI is InChI=1S/C39H29N3S2/c1-22-16-25(19-32-30-14-13-29-28-7-3-5-9-36(28)43-38(29)39(30)44-37(22)32)26-12-10-24(21-41)18-35(26)42-33-8-4-2-6-27(33)31-17-23(20-40)11-15-34(31)42/h2-11,15,17-19,22,26,30,39H,12-14,16H2,1H3. The van der Waals surface area contributed by atoms with Crippen molar-refractivity contribution in [2.24, 2.45) is 17.8 Å². The Morgan fingerprint density at radius 1 is 0.886 bits per heavy atom. The molecule has 0 spiro atoms. The number of hydrogen-bond donors (Lipinski definition) is 0. The van der Waals surface area contributed by atoms with Gasteiger partial charge in [0.2, 0.25) is 0 Å². The number of hydrogen-bond acceptors (Lipinski definition) is 4. The van der Waals surface area contributed by atoms with Crippen LogP contribution in [0.1, 0.15) is 47.4 Å². The van der Waals surface area contributed by atoms with Gasteiger partial charge in [0.1, 0.15) is 0 Å². The van der Waals surface area contributed by atoms with Crippen molar-refractivity contribution < 1.29 is 0 Å². The van der Waals surface area contributed by atoms with Crippen LogP contribution in [0, 0.1) is 40.4 Å². The van der Waals surface area contributed by atoms with Gasteiger partial charge in [0, 0.05) is 43.5 Å². The third-order valence-electron chi connectivity index (χ3n) is 10.2. The van der Waals surface area contributed by atoms with Crippen LogP contribution in [0.15, 0.2) is 107 Å². The zero-order valence-electron chi connectivity index (χ0n) is 24.4. The van der Waals surface area contributed by atoms with E-state index in [2.05, 4.69) is 108 Å². The highest BCUT2D eigenvalue weighted by Gasteiger charge is 2.44. The third kappa shape index (κ3) is 3.73. The lowest BCUT2D eigenvalue weighted by atomic mass is 9.74. The molecule has 3 aromatic carbocycles. The second kappa shape index (κ2) is 9.86. The Morgan fingerprint density at radius 2 is 1.70 bits per heavy atom. The van der Waals surface area contributed by atoms with Crippen molar-refractivity contribution in [2.75, 3.05) is 0 Å².